The summed E-state index contributed by atoms with van der Waals surface area (Å²) in [4.78, 5) is 17.4. The van der Waals surface area contributed by atoms with Crippen molar-refractivity contribution in [2.75, 3.05) is 31.1 Å². The molecule has 7 nitrogen and oxygen atoms in total. The van der Waals surface area contributed by atoms with Gasteiger partial charge in [-0.3, -0.25) is 4.90 Å². The average molecular weight is 286 g/mol. The first-order chi connectivity index (χ1) is 10.3. The highest BCUT2D eigenvalue weighted by atomic mass is 16.5. The van der Waals surface area contributed by atoms with E-state index >= 15 is 0 Å². The Labute approximate surface area is 123 Å². The van der Waals surface area contributed by atoms with Gasteiger partial charge in [-0.1, -0.05) is 5.16 Å². The Balaban J connectivity index is 1.40. The third-order valence-electron chi connectivity index (χ3n) is 4.50. The molecule has 110 valence electrons. The van der Waals surface area contributed by atoms with Crippen LogP contribution >= 0.6 is 0 Å². The van der Waals surface area contributed by atoms with Crippen LogP contribution in [0.4, 0.5) is 5.82 Å². The molecule has 0 saturated carbocycles. The fourth-order valence-electron chi connectivity index (χ4n) is 3.58. The van der Waals surface area contributed by atoms with Gasteiger partial charge in [0, 0.05) is 37.9 Å². The molecule has 2 atom stereocenters. The van der Waals surface area contributed by atoms with Crippen LogP contribution in [-0.4, -0.2) is 51.2 Å². The van der Waals surface area contributed by atoms with E-state index in [-0.39, 0.29) is 0 Å². The second-order valence-corrected chi connectivity index (χ2v) is 6.00. The molecule has 2 aromatic rings. The van der Waals surface area contributed by atoms with E-state index in [1.807, 2.05) is 6.20 Å². The van der Waals surface area contributed by atoms with Crippen molar-refractivity contribution < 1.29 is 4.52 Å². The Morgan fingerprint density at radius 3 is 2.67 bits per heavy atom. The van der Waals surface area contributed by atoms with Gasteiger partial charge < -0.3 is 9.42 Å². The van der Waals surface area contributed by atoms with Crippen molar-refractivity contribution in [3.05, 3.63) is 30.3 Å². The summed E-state index contributed by atoms with van der Waals surface area (Å²) < 4.78 is 4.80. The van der Waals surface area contributed by atoms with Crippen molar-refractivity contribution in [2.24, 2.45) is 11.8 Å². The predicted octanol–water partition coefficient (Wildman–Crippen LogP) is 0.736. The zero-order chi connectivity index (χ0) is 14.2. The van der Waals surface area contributed by atoms with Gasteiger partial charge in [0.2, 0.25) is 6.39 Å². The monoisotopic (exact) mass is 286 g/mol. The second kappa shape index (κ2) is 5.07. The topological polar surface area (TPSA) is 71.2 Å². The lowest BCUT2D eigenvalue weighted by molar-refractivity contribution is 0.293. The van der Waals surface area contributed by atoms with E-state index in [9.17, 15) is 0 Å². The van der Waals surface area contributed by atoms with E-state index < -0.39 is 0 Å². The fourth-order valence-corrected chi connectivity index (χ4v) is 3.58. The van der Waals surface area contributed by atoms with Gasteiger partial charge in [-0.2, -0.15) is 4.98 Å². The van der Waals surface area contributed by atoms with Gasteiger partial charge >= 0.3 is 0 Å². The number of hydrogen-bond acceptors (Lipinski definition) is 7. The van der Waals surface area contributed by atoms with E-state index in [4.69, 9.17) is 4.52 Å². The van der Waals surface area contributed by atoms with E-state index in [0.29, 0.717) is 11.8 Å². The van der Waals surface area contributed by atoms with Crippen molar-refractivity contribution in [3.63, 3.8) is 0 Å². The molecule has 7 heteroatoms. The standard InChI is InChI=1S/C14H18N6O/c1-10-2-15-8-16-14(10)20-5-11-3-19(4-12(11)6-20)7-13-17-9-21-18-13/h2,8-9,11-12H,3-7H2,1H3. The Morgan fingerprint density at radius 2 is 2.00 bits per heavy atom. The quantitative estimate of drug-likeness (QED) is 0.824. The second-order valence-electron chi connectivity index (χ2n) is 6.00. The number of hydrogen-bond donors (Lipinski definition) is 0. The molecule has 0 radical (unpaired) electrons. The Hall–Kier alpha value is -2.02. The van der Waals surface area contributed by atoms with Crippen molar-refractivity contribution in [1.29, 1.82) is 0 Å². The van der Waals surface area contributed by atoms with Crippen LogP contribution in [0.1, 0.15) is 11.4 Å². The highest BCUT2D eigenvalue weighted by molar-refractivity contribution is 5.46. The van der Waals surface area contributed by atoms with Crippen LogP contribution in [-0.2, 0) is 6.54 Å². The molecule has 2 saturated heterocycles. The lowest BCUT2D eigenvalue weighted by Gasteiger charge is -2.22. The summed E-state index contributed by atoms with van der Waals surface area (Å²) in [5, 5.41) is 3.89. The number of fused-ring (bicyclic) bond motifs is 1. The first-order valence-corrected chi connectivity index (χ1v) is 7.29. The summed E-state index contributed by atoms with van der Waals surface area (Å²) in [6.07, 6.45) is 4.92. The summed E-state index contributed by atoms with van der Waals surface area (Å²) in [5.74, 6) is 3.26. The highest BCUT2D eigenvalue weighted by Crippen LogP contribution is 2.34. The Kier molecular flexibility index (Phi) is 3.07. The van der Waals surface area contributed by atoms with Crippen LogP contribution in [0.5, 0.6) is 0 Å². The summed E-state index contributed by atoms with van der Waals surface area (Å²) >= 11 is 0. The maximum Gasteiger partial charge on any atom is 0.213 e. The average Bonchev–Trinajstić information content (AvgIpc) is 3.15. The van der Waals surface area contributed by atoms with E-state index in [0.717, 1.165) is 49.9 Å². The molecule has 0 aromatic carbocycles. The summed E-state index contributed by atoms with van der Waals surface area (Å²) in [7, 11) is 0. The van der Waals surface area contributed by atoms with Crippen molar-refractivity contribution in [3.8, 4) is 0 Å². The van der Waals surface area contributed by atoms with E-state index in [1.165, 1.54) is 6.39 Å². The molecule has 2 unspecified atom stereocenters. The lowest BCUT2D eigenvalue weighted by Crippen LogP contribution is -2.29. The zero-order valence-electron chi connectivity index (χ0n) is 12.0. The van der Waals surface area contributed by atoms with Crippen molar-refractivity contribution in [2.45, 2.75) is 13.5 Å². The van der Waals surface area contributed by atoms with E-state index in [2.05, 4.69) is 36.8 Å². The van der Waals surface area contributed by atoms with Crippen LogP contribution in [0.25, 0.3) is 0 Å². The molecule has 0 spiro atoms. The van der Waals surface area contributed by atoms with Crippen molar-refractivity contribution in [1.82, 2.24) is 25.0 Å². The summed E-state index contributed by atoms with van der Waals surface area (Å²) in [6.45, 7) is 7.21. The van der Waals surface area contributed by atoms with Crippen LogP contribution in [0.15, 0.2) is 23.4 Å². The fraction of sp³-hybridized carbons (Fsp3) is 0.571. The van der Waals surface area contributed by atoms with Crippen LogP contribution in [0.3, 0.4) is 0 Å². The van der Waals surface area contributed by atoms with Crippen molar-refractivity contribution >= 4 is 5.82 Å². The van der Waals surface area contributed by atoms with Gasteiger partial charge in [-0.05, 0) is 18.8 Å². The molecular weight excluding hydrogens is 268 g/mol. The molecule has 2 aliphatic heterocycles. The molecule has 2 aliphatic rings. The number of aryl methyl sites for hydroxylation is 1. The molecule has 0 bridgehead atoms. The van der Waals surface area contributed by atoms with Gasteiger partial charge in [0.15, 0.2) is 5.82 Å². The third-order valence-corrected chi connectivity index (χ3v) is 4.50. The van der Waals surface area contributed by atoms with Gasteiger partial charge in [0.1, 0.15) is 12.1 Å². The van der Waals surface area contributed by atoms with Gasteiger partial charge in [-0.15, -0.1) is 0 Å². The molecule has 2 fully saturated rings. The number of anilines is 1. The minimum atomic E-state index is 0.700. The molecular formula is C14H18N6O. The lowest BCUT2D eigenvalue weighted by atomic mass is 10.0. The maximum atomic E-state index is 4.80. The Morgan fingerprint density at radius 1 is 1.19 bits per heavy atom. The predicted molar refractivity (Wildman–Crippen MR) is 75.5 cm³/mol. The summed E-state index contributed by atoms with van der Waals surface area (Å²) in [6, 6.07) is 0. The third kappa shape index (κ3) is 2.37. The normalized spacial score (nSPS) is 25.5. The van der Waals surface area contributed by atoms with Gasteiger partial charge in [0.05, 0.1) is 6.54 Å². The van der Waals surface area contributed by atoms with Gasteiger partial charge in [-0.25, -0.2) is 9.97 Å². The number of nitrogens with zero attached hydrogens (tertiary/aromatic N) is 6. The smallest absolute Gasteiger partial charge is 0.213 e. The minimum absolute atomic E-state index is 0.700. The van der Waals surface area contributed by atoms with Crippen LogP contribution < -0.4 is 4.90 Å². The number of aromatic nitrogens is 4. The molecule has 0 amide bonds. The summed E-state index contributed by atoms with van der Waals surface area (Å²) in [5.41, 5.74) is 1.15. The van der Waals surface area contributed by atoms with Gasteiger partial charge in [0.25, 0.3) is 0 Å². The van der Waals surface area contributed by atoms with Crippen LogP contribution in [0.2, 0.25) is 0 Å². The highest BCUT2D eigenvalue weighted by Gasteiger charge is 2.40. The first kappa shape index (κ1) is 12.7. The number of rotatable bonds is 3. The SMILES string of the molecule is Cc1cncnc1N1CC2CN(Cc3ncon3)CC2C1. The number of likely N-dealkylation sites (tertiary alicyclic amines) is 1. The molecule has 21 heavy (non-hydrogen) atoms. The molecule has 4 heterocycles. The van der Waals surface area contributed by atoms with E-state index in [1.54, 1.807) is 6.33 Å². The zero-order valence-corrected chi connectivity index (χ0v) is 12.0. The molecule has 0 N–H and O–H groups in total. The molecule has 2 aromatic heterocycles. The molecule has 4 rings (SSSR count). The largest absolute Gasteiger partial charge is 0.356 e. The van der Waals surface area contributed by atoms with Crippen LogP contribution in [0, 0.1) is 18.8 Å². The molecule has 0 aliphatic carbocycles. The Bertz CT molecular complexity index is 602. The first-order valence-electron chi connectivity index (χ1n) is 7.29. The minimum Gasteiger partial charge on any atom is -0.356 e. The maximum absolute atomic E-state index is 4.80.